The summed E-state index contributed by atoms with van der Waals surface area (Å²) in [5.41, 5.74) is 0.963. The summed E-state index contributed by atoms with van der Waals surface area (Å²) < 4.78 is 38.2. The normalized spacial score (nSPS) is 25.3. The summed E-state index contributed by atoms with van der Waals surface area (Å²) in [6.07, 6.45) is -3.86. The molecule has 1 aliphatic heterocycles. The van der Waals surface area contributed by atoms with Gasteiger partial charge in [0.05, 0.1) is 5.92 Å². The van der Waals surface area contributed by atoms with Gasteiger partial charge in [0.2, 0.25) is 0 Å². The van der Waals surface area contributed by atoms with Gasteiger partial charge in [-0.05, 0) is 5.56 Å². The van der Waals surface area contributed by atoms with Crippen molar-refractivity contribution in [2.24, 2.45) is 11.8 Å². The van der Waals surface area contributed by atoms with Crippen LogP contribution in [0.15, 0.2) is 30.3 Å². The molecule has 1 aromatic carbocycles. The third-order valence-corrected chi connectivity index (χ3v) is 3.28. The van der Waals surface area contributed by atoms with Crippen LogP contribution in [0.2, 0.25) is 0 Å². The van der Waals surface area contributed by atoms with E-state index in [1.54, 1.807) is 4.90 Å². The first-order chi connectivity index (χ1) is 8.50. The Morgan fingerprint density at radius 1 is 1.22 bits per heavy atom. The van der Waals surface area contributed by atoms with Gasteiger partial charge in [-0.1, -0.05) is 30.3 Å². The largest absolute Gasteiger partial charge is 0.393 e. The fourth-order valence-corrected chi connectivity index (χ4v) is 2.37. The van der Waals surface area contributed by atoms with Gasteiger partial charge >= 0.3 is 6.18 Å². The molecule has 0 unspecified atom stereocenters. The molecule has 0 radical (unpaired) electrons. The molecule has 1 fully saturated rings. The van der Waals surface area contributed by atoms with E-state index in [-0.39, 0.29) is 13.1 Å². The van der Waals surface area contributed by atoms with Gasteiger partial charge in [-0.25, -0.2) is 0 Å². The van der Waals surface area contributed by atoms with Crippen molar-refractivity contribution in [2.45, 2.75) is 12.7 Å². The third kappa shape index (κ3) is 2.90. The maximum absolute atomic E-state index is 12.7. The van der Waals surface area contributed by atoms with Crippen LogP contribution in [-0.2, 0) is 11.3 Å². The fourth-order valence-electron chi connectivity index (χ4n) is 2.37. The van der Waals surface area contributed by atoms with Gasteiger partial charge < -0.3 is 4.79 Å². The predicted molar refractivity (Wildman–Crippen MR) is 60.8 cm³/mol. The second-order valence-corrected chi connectivity index (χ2v) is 4.63. The minimum atomic E-state index is -4.29. The van der Waals surface area contributed by atoms with Crippen molar-refractivity contribution in [3.05, 3.63) is 35.9 Å². The van der Waals surface area contributed by atoms with E-state index in [4.69, 9.17) is 0 Å². The second-order valence-electron chi connectivity index (χ2n) is 4.63. The van der Waals surface area contributed by atoms with Crippen LogP contribution in [0.1, 0.15) is 5.56 Å². The summed E-state index contributed by atoms with van der Waals surface area (Å²) in [6.45, 7) is 0.544. The lowest BCUT2D eigenvalue weighted by Crippen LogP contribution is -2.30. The van der Waals surface area contributed by atoms with Crippen LogP contribution in [-0.4, -0.2) is 30.5 Å². The summed E-state index contributed by atoms with van der Waals surface area (Å²) in [7, 11) is 0. The number of benzene rings is 1. The zero-order valence-corrected chi connectivity index (χ0v) is 9.73. The summed E-state index contributed by atoms with van der Waals surface area (Å²) in [5.74, 6) is -2.47. The van der Waals surface area contributed by atoms with E-state index in [9.17, 15) is 18.0 Å². The van der Waals surface area contributed by atoms with Crippen LogP contribution >= 0.6 is 0 Å². The Hall–Kier alpha value is -1.36. The number of hydrogen-bond donors (Lipinski definition) is 0. The molecule has 0 aromatic heterocycles. The van der Waals surface area contributed by atoms with Crippen LogP contribution in [0.3, 0.4) is 0 Å². The molecule has 2 rings (SSSR count). The smallest absolute Gasteiger partial charge is 0.303 e. The quantitative estimate of drug-likeness (QED) is 0.775. The molecular formula is C13H14F3NO. The maximum atomic E-state index is 12.7. The average Bonchev–Trinajstić information content (AvgIpc) is 2.73. The highest BCUT2D eigenvalue weighted by atomic mass is 19.4. The number of likely N-dealkylation sites (tertiary alicyclic amines) is 1. The minimum Gasteiger partial charge on any atom is -0.303 e. The standard InChI is InChI=1S/C13H14F3NO/c14-13(15,16)12-8-17(7-11(12)9-18)6-10-4-2-1-3-5-10/h1-5,9,11-12H,6-8H2/t11-,12+/m0/s1. The lowest BCUT2D eigenvalue weighted by atomic mass is 9.97. The molecule has 1 aromatic rings. The second kappa shape index (κ2) is 5.10. The average molecular weight is 257 g/mol. The Morgan fingerprint density at radius 2 is 1.89 bits per heavy atom. The number of aldehydes is 1. The van der Waals surface area contributed by atoms with Crippen molar-refractivity contribution in [2.75, 3.05) is 13.1 Å². The molecule has 0 aliphatic carbocycles. The van der Waals surface area contributed by atoms with Crippen molar-refractivity contribution in [3.63, 3.8) is 0 Å². The van der Waals surface area contributed by atoms with Gasteiger partial charge in [0.15, 0.2) is 0 Å². The third-order valence-electron chi connectivity index (χ3n) is 3.28. The lowest BCUT2D eigenvalue weighted by Gasteiger charge is -2.18. The summed E-state index contributed by atoms with van der Waals surface area (Å²) in [5, 5.41) is 0. The molecule has 5 heteroatoms. The maximum Gasteiger partial charge on any atom is 0.393 e. The molecular weight excluding hydrogens is 243 g/mol. The first-order valence-electron chi connectivity index (χ1n) is 5.79. The van der Waals surface area contributed by atoms with E-state index in [1.165, 1.54) is 0 Å². The molecule has 18 heavy (non-hydrogen) atoms. The Morgan fingerprint density at radius 3 is 2.39 bits per heavy atom. The van der Waals surface area contributed by atoms with Crippen LogP contribution in [0.5, 0.6) is 0 Å². The molecule has 1 saturated heterocycles. The monoisotopic (exact) mass is 257 g/mol. The van der Waals surface area contributed by atoms with Crippen molar-refractivity contribution in [1.82, 2.24) is 4.90 Å². The van der Waals surface area contributed by atoms with Crippen LogP contribution < -0.4 is 0 Å². The van der Waals surface area contributed by atoms with Gasteiger partial charge in [0, 0.05) is 25.6 Å². The van der Waals surface area contributed by atoms with Gasteiger partial charge in [0.25, 0.3) is 0 Å². The highest BCUT2D eigenvalue weighted by Gasteiger charge is 2.49. The van der Waals surface area contributed by atoms with Crippen LogP contribution in [0.4, 0.5) is 13.2 Å². The first-order valence-corrected chi connectivity index (χ1v) is 5.79. The molecule has 0 N–H and O–H groups in total. The number of nitrogens with zero attached hydrogens (tertiary/aromatic N) is 1. The number of alkyl halides is 3. The summed E-state index contributed by atoms with van der Waals surface area (Å²) >= 11 is 0. The van der Waals surface area contributed by atoms with Crippen LogP contribution in [0, 0.1) is 11.8 Å². The molecule has 98 valence electrons. The van der Waals surface area contributed by atoms with Crippen molar-refractivity contribution in [3.8, 4) is 0 Å². The SMILES string of the molecule is O=C[C@@H]1CN(Cc2ccccc2)C[C@H]1C(F)(F)F. The fraction of sp³-hybridized carbons (Fsp3) is 0.462. The summed E-state index contributed by atoms with van der Waals surface area (Å²) in [6, 6.07) is 9.31. The van der Waals surface area contributed by atoms with Crippen molar-refractivity contribution in [1.29, 1.82) is 0 Å². The zero-order chi connectivity index (χ0) is 13.2. The minimum absolute atomic E-state index is 0.0954. The van der Waals surface area contributed by atoms with E-state index >= 15 is 0 Å². The van der Waals surface area contributed by atoms with Gasteiger partial charge in [-0.2, -0.15) is 13.2 Å². The Kier molecular flexibility index (Phi) is 3.71. The Balaban J connectivity index is 2.03. The molecule has 1 aliphatic rings. The number of carbonyl (C=O) groups is 1. The molecule has 0 saturated carbocycles. The number of rotatable bonds is 3. The van der Waals surface area contributed by atoms with E-state index in [0.29, 0.717) is 12.8 Å². The highest BCUT2D eigenvalue weighted by Crippen LogP contribution is 2.37. The molecule has 0 amide bonds. The molecule has 0 bridgehead atoms. The molecule has 2 nitrogen and oxygen atoms in total. The van der Waals surface area contributed by atoms with E-state index < -0.39 is 18.0 Å². The van der Waals surface area contributed by atoms with E-state index in [0.717, 1.165) is 5.56 Å². The topological polar surface area (TPSA) is 20.3 Å². The van der Waals surface area contributed by atoms with Crippen molar-refractivity contribution < 1.29 is 18.0 Å². The number of carbonyl (C=O) groups excluding carboxylic acids is 1. The number of halogens is 3. The first kappa shape index (κ1) is 13.1. The van der Waals surface area contributed by atoms with E-state index in [1.807, 2.05) is 30.3 Å². The highest BCUT2D eigenvalue weighted by molar-refractivity contribution is 5.55. The Labute approximate surface area is 103 Å². The predicted octanol–water partition coefficient (Wildman–Crippen LogP) is 2.50. The number of hydrogen-bond acceptors (Lipinski definition) is 2. The Bertz CT molecular complexity index is 404. The van der Waals surface area contributed by atoms with Crippen LogP contribution in [0.25, 0.3) is 0 Å². The summed E-state index contributed by atoms with van der Waals surface area (Å²) in [4.78, 5) is 12.4. The zero-order valence-electron chi connectivity index (χ0n) is 9.73. The molecule has 1 heterocycles. The van der Waals surface area contributed by atoms with E-state index in [2.05, 4.69) is 0 Å². The lowest BCUT2D eigenvalue weighted by molar-refractivity contribution is -0.180. The van der Waals surface area contributed by atoms with Gasteiger partial charge in [-0.3, -0.25) is 4.90 Å². The molecule has 0 spiro atoms. The van der Waals surface area contributed by atoms with Gasteiger partial charge in [-0.15, -0.1) is 0 Å². The molecule has 2 atom stereocenters. The van der Waals surface area contributed by atoms with Gasteiger partial charge in [0.1, 0.15) is 6.29 Å². The van der Waals surface area contributed by atoms with Crippen molar-refractivity contribution >= 4 is 6.29 Å².